The second kappa shape index (κ2) is 7.71. The highest BCUT2D eigenvalue weighted by atomic mass is 19.4. The fourth-order valence-corrected chi connectivity index (χ4v) is 3.34. The SMILES string of the molecule is O=C(C1COCCN1CC(F)(F)F)N1CCN(c2ccc(O)cc2)CC1. The Labute approximate surface area is 149 Å². The van der Waals surface area contributed by atoms with Crippen LogP contribution in [0.15, 0.2) is 24.3 Å². The van der Waals surface area contributed by atoms with E-state index in [0.29, 0.717) is 26.2 Å². The lowest BCUT2D eigenvalue weighted by Crippen LogP contribution is -2.59. The highest BCUT2D eigenvalue weighted by Crippen LogP contribution is 2.23. The number of rotatable bonds is 3. The summed E-state index contributed by atoms with van der Waals surface area (Å²) in [6, 6.07) is 5.91. The molecule has 0 aromatic heterocycles. The van der Waals surface area contributed by atoms with E-state index in [0.717, 1.165) is 10.6 Å². The van der Waals surface area contributed by atoms with Gasteiger partial charge >= 0.3 is 6.18 Å². The predicted molar refractivity (Wildman–Crippen MR) is 89.1 cm³/mol. The van der Waals surface area contributed by atoms with Crippen LogP contribution >= 0.6 is 0 Å². The van der Waals surface area contributed by atoms with E-state index in [1.54, 1.807) is 29.2 Å². The number of nitrogens with zero attached hydrogens (tertiary/aromatic N) is 3. The molecule has 144 valence electrons. The summed E-state index contributed by atoms with van der Waals surface area (Å²) in [4.78, 5) is 17.6. The maximum Gasteiger partial charge on any atom is 0.401 e. The molecule has 1 atom stereocenters. The quantitative estimate of drug-likeness (QED) is 0.866. The average Bonchev–Trinajstić information content (AvgIpc) is 2.61. The Morgan fingerprint density at radius 3 is 2.38 bits per heavy atom. The van der Waals surface area contributed by atoms with E-state index in [2.05, 4.69) is 4.90 Å². The number of phenolic OH excluding ortho intramolecular Hbond substituents is 1. The number of halogens is 3. The van der Waals surface area contributed by atoms with Crippen molar-refractivity contribution in [2.45, 2.75) is 12.2 Å². The molecule has 3 rings (SSSR count). The minimum atomic E-state index is -4.34. The largest absolute Gasteiger partial charge is 0.508 e. The third kappa shape index (κ3) is 4.59. The lowest BCUT2D eigenvalue weighted by atomic mass is 10.1. The molecule has 2 heterocycles. The number of piperazine rings is 1. The molecule has 0 saturated carbocycles. The van der Waals surface area contributed by atoms with Gasteiger partial charge in [0.2, 0.25) is 5.91 Å². The van der Waals surface area contributed by atoms with Crippen LogP contribution in [0.4, 0.5) is 18.9 Å². The molecule has 26 heavy (non-hydrogen) atoms. The van der Waals surface area contributed by atoms with E-state index in [4.69, 9.17) is 4.74 Å². The van der Waals surface area contributed by atoms with Crippen LogP contribution in [-0.4, -0.2) is 85.5 Å². The van der Waals surface area contributed by atoms with Gasteiger partial charge in [0.25, 0.3) is 0 Å². The van der Waals surface area contributed by atoms with Crippen molar-refractivity contribution in [1.82, 2.24) is 9.80 Å². The fourth-order valence-electron chi connectivity index (χ4n) is 3.34. The third-order valence-corrected chi connectivity index (χ3v) is 4.71. The summed E-state index contributed by atoms with van der Waals surface area (Å²) in [5, 5.41) is 9.35. The van der Waals surface area contributed by atoms with Gasteiger partial charge in [0, 0.05) is 38.4 Å². The first kappa shape index (κ1) is 18.8. The molecule has 2 aliphatic rings. The molecule has 2 aliphatic heterocycles. The number of anilines is 1. The van der Waals surface area contributed by atoms with E-state index >= 15 is 0 Å². The van der Waals surface area contributed by atoms with Crippen LogP contribution < -0.4 is 4.90 Å². The second-order valence-electron chi connectivity index (χ2n) is 6.51. The van der Waals surface area contributed by atoms with Gasteiger partial charge in [0.05, 0.1) is 19.8 Å². The van der Waals surface area contributed by atoms with Gasteiger partial charge < -0.3 is 19.6 Å². The highest BCUT2D eigenvalue weighted by Gasteiger charge is 2.40. The Morgan fingerprint density at radius 1 is 1.12 bits per heavy atom. The number of amides is 1. The summed E-state index contributed by atoms with van der Waals surface area (Å²) in [6.07, 6.45) is -4.34. The van der Waals surface area contributed by atoms with E-state index in [-0.39, 0.29) is 31.4 Å². The molecule has 1 aromatic rings. The van der Waals surface area contributed by atoms with Gasteiger partial charge in [-0.25, -0.2) is 0 Å². The minimum absolute atomic E-state index is 0.00686. The van der Waals surface area contributed by atoms with Crippen molar-refractivity contribution in [2.24, 2.45) is 0 Å². The lowest BCUT2D eigenvalue weighted by Gasteiger charge is -2.41. The molecule has 0 spiro atoms. The number of phenols is 1. The number of ether oxygens (including phenoxy) is 1. The van der Waals surface area contributed by atoms with Crippen LogP contribution in [-0.2, 0) is 9.53 Å². The topological polar surface area (TPSA) is 56.2 Å². The van der Waals surface area contributed by atoms with Crippen LogP contribution in [0.25, 0.3) is 0 Å². The summed E-state index contributed by atoms with van der Waals surface area (Å²) in [5.74, 6) is -0.121. The van der Waals surface area contributed by atoms with Gasteiger partial charge in [-0.2, -0.15) is 13.2 Å². The molecule has 1 aromatic carbocycles. The number of hydrogen-bond acceptors (Lipinski definition) is 5. The molecule has 0 bridgehead atoms. The van der Waals surface area contributed by atoms with E-state index in [1.807, 2.05) is 0 Å². The zero-order valence-electron chi connectivity index (χ0n) is 14.3. The molecule has 9 heteroatoms. The Morgan fingerprint density at radius 2 is 1.77 bits per heavy atom. The first-order chi connectivity index (χ1) is 12.3. The van der Waals surface area contributed by atoms with E-state index in [1.165, 1.54) is 0 Å². The van der Waals surface area contributed by atoms with Gasteiger partial charge in [0.15, 0.2) is 0 Å². The van der Waals surface area contributed by atoms with Crippen molar-refractivity contribution in [3.63, 3.8) is 0 Å². The van der Waals surface area contributed by atoms with Crippen molar-refractivity contribution in [2.75, 3.05) is 57.4 Å². The van der Waals surface area contributed by atoms with Crippen molar-refractivity contribution in [3.05, 3.63) is 24.3 Å². The zero-order valence-corrected chi connectivity index (χ0v) is 14.3. The molecular formula is C17H22F3N3O3. The molecule has 2 fully saturated rings. The van der Waals surface area contributed by atoms with Crippen LogP contribution in [0.1, 0.15) is 0 Å². The smallest absolute Gasteiger partial charge is 0.401 e. The Balaban J connectivity index is 1.59. The van der Waals surface area contributed by atoms with Crippen LogP contribution in [0, 0.1) is 0 Å². The third-order valence-electron chi connectivity index (χ3n) is 4.71. The van der Waals surface area contributed by atoms with Crippen molar-refractivity contribution in [1.29, 1.82) is 0 Å². The van der Waals surface area contributed by atoms with Gasteiger partial charge in [-0.05, 0) is 24.3 Å². The predicted octanol–water partition coefficient (Wildman–Crippen LogP) is 1.30. The maximum atomic E-state index is 12.8. The lowest BCUT2D eigenvalue weighted by molar-refractivity contribution is -0.170. The van der Waals surface area contributed by atoms with Crippen LogP contribution in [0.5, 0.6) is 5.75 Å². The molecule has 1 N–H and O–H groups in total. The summed E-state index contributed by atoms with van der Waals surface area (Å²) in [6.45, 7) is 1.25. The number of alkyl halides is 3. The van der Waals surface area contributed by atoms with Gasteiger partial charge in [-0.15, -0.1) is 0 Å². The molecule has 2 saturated heterocycles. The molecule has 0 aliphatic carbocycles. The van der Waals surface area contributed by atoms with Gasteiger partial charge in [-0.1, -0.05) is 0 Å². The maximum absolute atomic E-state index is 12.8. The van der Waals surface area contributed by atoms with Crippen molar-refractivity contribution >= 4 is 11.6 Å². The average molecular weight is 373 g/mol. The Kier molecular flexibility index (Phi) is 5.57. The standard InChI is InChI=1S/C17H22F3N3O3/c18-17(19,20)12-23-9-10-26-11-15(23)16(25)22-7-5-21(6-8-22)13-1-3-14(24)4-2-13/h1-4,15,24H,5-12H2. The Bertz CT molecular complexity index is 616. The zero-order chi connectivity index (χ0) is 18.7. The first-order valence-electron chi connectivity index (χ1n) is 8.55. The van der Waals surface area contributed by atoms with Gasteiger partial charge in [-0.3, -0.25) is 9.69 Å². The number of carbonyl (C=O) groups excluding carboxylic acids is 1. The number of carbonyl (C=O) groups is 1. The summed E-state index contributed by atoms with van der Waals surface area (Å²) in [5.41, 5.74) is 0.939. The van der Waals surface area contributed by atoms with Crippen LogP contribution in [0.3, 0.4) is 0 Å². The van der Waals surface area contributed by atoms with Gasteiger partial charge in [0.1, 0.15) is 11.8 Å². The number of aromatic hydroxyl groups is 1. The fraction of sp³-hybridized carbons (Fsp3) is 0.588. The van der Waals surface area contributed by atoms with Crippen LogP contribution in [0.2, 0.25) is 0 Å². The molecule has 6 nitrogen and oxygen atoms in total. The highest BCUT2D eigenvalue weighted by molar-refractivity contribution is 5.82. The molecule has 1 unspecified atom stereocenters. The Hall–Kier alpha value is -2.00. The monoisotopic (exact) mass is 373 g/mol. The summed E-state index contributed by atoms with van der Waals surface area (Å²) >= 11 is 0. The number of benzene rings is 1. The molecular weight excluding hydrogens is 351 g/mol. The van der Waals surface area contributed by atoms with Crippen molar-refractivity contribution < 1.29 is 27.8 Å². The molecule has 1 amide bonds. The van der Waals surface area contributed by atoms with E-state index < -0.39 is 18.8 Å². The van der Waals surface area contributed by atoms with E-state index in [9.17, 15) is 23.1 Å². The number of morpholine rings is 1. The minimum Gasteiger partial charge on any atom is -0.508 e. The van der Waals surface area contributed by atoms with Crippen molar-refractivity contribution in [3.8, 4) is 5.75 Å². The summed E-state index contributed by atoms with van der Waals surface area (Å²) < 4.78 is 43.5. The second-order valence-corrected chi connectivity index (χ2v) is 6.51. The summed E-state index contributed by atoms with van der Waals surface area (Å²) in [7, 11) is 0. The normalized spacial score (nSPS) is 22.5. The number of hydrogen-bond donors (Lipinski definition) is 1. The molecule has 0 radical (unpaired) electrons. The first-order valence-corrected chi connectivity index (χ1v) is 8.55.